The fourth-order valence-electron chi connectivity index (χ4n) is 3.35. The maximum atomic E-state index is 11.9. The van der Waals surface area contributed by atoms with Crippen molar-refractivity contribution in [2.75, 3.05) is 13.1 Å². The molecule has 124 valence electrons. The highest BCUT2D eigenvalue weighted by Gasteiger charge is 2.31. The molecule has 4 nitrogen and oxygen atoms in total. The molecule has 0 atom stereocenters. The third kappa shape index (κ3) is 6.79. The predicted molar refractivity (Wildman–Crippen MR) is 87.3 cm³/mol. The van der Waals surface area contributed by atoms with Crippen LogP contribution in [0.1, 0.15) is 72.6 Å². The summed E-state index contributed by atoms with van der Waals surface area (Å²) in [5, 5.41) is 13.3. The minimum absolute atomic E-state index is 0.0000406. The second-order valence-corrected chi connectivity index (χ2v) is 7.09. The van der Waals surface area contributed by atoms with Crippen molar-refractivity contribution in [2.24, 2.45) is 0 Å². The molecule has 0 aromatic rings. The lowest BCUT2D eigenvalue weighted by atomic mass is 9.82. The van der Waals surface area contributed by atoms with Gasteiger partial charge >= 0.3 is 0 Å². The first-order valence-electron chi connectivity index (χ1n) is 8.59. The highest BCUT2D eigenvalue weighted by atomic mass is 16.3. The molecule has 1 amide bonds. The molecule has 1 saturated carbocycles. The third-order valence-electron chi connectivity index (χ3n) is 4.52. The smallest absolute Gasteiger partial charge is 0.222 e. The molecule has 0 aliphatic heterocycles. The summed E-state index contributed by atoms with van der Waals surface area (Å²) >= 11 is 0. The molecular formula is C17H34N2O2. The van der Waals surface area contributed by atoms with E-state index >= 15 is 0 Å². The minimum atomic E-state index is -0.746. The molecule has 1 fully saturated rings. The highest BCUT2D eigenvalue weighted by molar-refractivity contribution is 5.76. The van der Waals surface area contributed by atoms with Crippen LogP contribution < -0.4 is 5.32 Å². The number of nitrogens with zero attached hydrogens (tertiary/aromatic N) is 1. The van der Waals surface area contributed by atoms with Gasteiger partial charge < -0.3 is 10.4 Å². The molecule has 1 aliphatic carbocycles. The van der Waals surface area contributed by atoms with Gasteiger partial charge in [0.15, 0.2) is 0 Å². The van der Waals surface area contributed by atoms with Crippen LogP contribution in [0.2, 0.25) is 0 Å². The standard InChI is InChI=1S/C17H34N2O2/c1-14(2)19(15(3)4)12-8-11-18-16(20)13-17(21)9-6-5-7-10-17/h14-15,21H,5-13H2,1-4H3,(H,18,20). The van der Waals surface area contributed by atoms with Gasteiger partial charge in [0.05, 0.1) is 12.0 Å². The summed E-state index contributed by atoms with van der Waals surface area (Å²) in [5.74, 6) is 0.0000406. The lowest BCUT2D eigenvalue weighted by Crippen LogP contribution is -2.41. The van der Waals surface area contributed by atoms with Crippen molar-refractivity contribution in [1.29, 1.82) is 0 Å². The van der Waals surface area contributed by atoms with Gasteiger partial charge in [-0.25, -0.2) is 0 Å². The van der Waals surface area contributed by atoms with Gasteiger partial charge in [-0.05, 0) is 47.0 Å². The van der Waals surface area contributed by atoms with Crippen molar-refractivity contribution in [3.05, 3.63) is 0 Å². The van der Waals surface area contributed by atoms with E-state index in [1.807, 2.05) is 0 Å². The van der Waals surface area contributed by atoms with E-state index in [1.165, 1.54) is 6.42 Å². The summed E-state index contributed by atoms with van der Waals surface area (Å²) in [6, 6.07) is 1.06. The number of nitrogens with one attached hydrogen (secondary N) is 1. The molecule has 0 bridgehead atoms. The summed E-state index contributed by atoms with van der Waals surface area (Å²) in [7, 11) is 0. The van der Waals surface area contributed by atoms with Crippen molar-refractivity contribution < 1.29 is 9.90 Å². The minimum Gasteiger partial charge on any atom is -0.389 e. The molecular weight excluding hydrogens is 264 g/mol. The van der Waals surface area contributed by atoms with Gasteiger partial charge in [0.1, 0.15) is 0 Å². The average molecular weight is 298 g/mol. The quantitative estimate of drug-likeness (QED) is 0.677. The Labute approximate surface area is 130 Å². The van der Waals surface area contributed by atoms with Crippen LogP contribution in [-0.2, 0) is 4.79 Å². The normalized spacial score (nSPS) is 18.5. The van der Waals surface area contributed by atoms with Gasteiger partial charge in [-0.15, -0.1) is 0 Å². The van der Waals surface area contributed by atoms with E-state index in [-0.39, 0.29) is 12.3 Å². The van der Waals surface area contributed by atoms with Crippen molar-refractivity contribution in [3.8, 4) is 0 Å². The van der Waals surface area contributed by atoms with Crippen LogP contribution in [0.15, 0.2) is 0 Å². The molecule has 0 aromatic heterocycles. The van der Waals surface area contributed by atoms with Gasteiger partial charge in [-0.1, -0.05) is 19.3 Å². The SMILES string of the molecule is CC(C)N(CCCNC(=O)CC1(O)CCCCC1)C(C)C. The van der Waals surface area contributed by atoms with Gasteiger partial charge in [-0.3, -0.25) is 9.69 Å². The summed E-state index contributed by atoms with van der Waals surface area (Å²) in [6.07, 6.45) is 6.04. The molecule has 2 N–H and O–H groups in total. The number of carbonyl (C=O) groups is 1. The Morgan fingerprint density at radius 1 is 1.14 bits per heavy atom. The zero-order chi connectivity index (χ0) is 15.9. The third-order valence-corrected chi connectivity index (χ3v) is 4.52. The number of hydrogen-bond acceptors (Lipinski definition) is 3. The van der Waals surface area contributed by atoms with Gasteiger partial charge in [0.2, 0.25) is 5.91 Å². The Bertz CT molecular complexity index is 302. The van der Waals surface area contributed by atoms with Crippen LogP contribution >= 0.6 is 0 Å². The molecule has 21 heavy (non-hydrogen) atoms. The van der Waals surface area contributed by atoms with Gasteiger partial charge in [-0.2, -0.15) is 0 Å². The molecule has 0 heterocycles. The first-order valence-corrected chi connectivity index (χ1v) is 8.59. The van der Waals surface area contributed by atoms with Crippen LogP contribution in [0, 0.1) is 0 Å². The Kier molecular flexibility index (Phi) is 7.67. The van der Waals surface area contributed by atoms with E-state index in [9.17, 15) is 9.90 Å². The first-order chi connectivity index (χ1) is 9.84. The molecule has 1 aliphatic rings. The van der Waals surface area contributed by atoms with Gasteiger partial charge in [0, 0.05) is 25.2 Å². The van der Waals surface area contributed by atoms with E-state index in [0.717, 1.165) is 38.6 Å². The average Bonchev–Trinajstić information content (AvgIpc) is 2.37. The Morgan fingerprint density at radius 2 is 1.71 bits per heavy atom. The molecule has 0 unspecified atom stereocenters. The van der Waals surface area contributed by atoms with Crippen molar-refractivity contribution in [2.45, 2.75) is 90.3 Å². The molecule has 1 rings (SSSR count). The Balaban J connectivity index is 2.21. The number of amides is 1. The monoisotopic (exact) mass is 298 g/mol. The van der Waals surface area contributed by atoms with E-state index in [4.69, 9.17) is 0 Å². The predicted octanol–water partition coefficient (Wildman–Crippen LogP) is 2.70. The summed E-state index contributed by atoms with van der Waals surface area (Å²) in [5.41, 5.74) is -0.746. The summed E-state index contributed by atoms with van der Waals surface area (Å²) in [6.45, 7) is 10.5. The van der Waals surface area contributed by atoms with Crippen LogP contribution in [0.4, 0.5) is 0 Å². The highest BCUT2D eigenvalue weighted by Crippen LogP contribution is 2.30. The number of aliphatic hydroxyl groups is 1. The largest absolute Gasteiger partial charge is 0.389 e. The zero-order valence-electron chi connectivity index (χ0n) is 14.3. The fourth-order valence-corrected chi connectivity index (χ4v) is 3.35. The maximum Gasteiger partial charge on any atom is 0.222 e. The van der Waals surface area contributed by atoms with Crippen molar-refractivity contribution >= 4 is 5.91 Å². The summed E-state index contributed by atoms with van der Waals surface area (Å²) < 4.78 is 0. The second-order valence-electron chi connectivity index (χ2n) is 7.09. The molecule has 0 spiro atoms. The van der Waals surface area contributed by atoms with E-state index in [2.05, 4.69) is 37.9 Å². The molecule has 0 radical (unpaired) electrons. The number of hydrogen-bond donors (Lipinski definition) is 2. The van der Waals surface area contributed by atoms with Crippen LogP contribution in [0.25, 0.3) is 0 Å². The van der Waals surface area contributed by atoms with E-state index in [1.54, 1.807) is 0 Å². The lowest BCUT2D eigenvalue weighted by molar-refractivity contribution is -0.127. The lowest BCUT2D eigenvalue weighted by Gasteiger charge is -2.32. The first kappa shape index (κ1) is 18.4. The topological polar surface area (TPSA) is 52.6 Å². The molecule has 0 saturated heterocycles. The number of carbonyl (C=O) groups excluding carboxylic acids is 1. The van der Waals surface area contributed by atoms with Gasteiger partial charge in [0.25, 0.3) is 0 Å². The maximum absolute atomic E-state index is 11.9. The van der Waals surface area contributed by atoms with E-state index < -0.39 is 5.60 Å². The second kappa shape index (κ2) is 8.74. The number of rotatable bonds is 8. The fraction of sp³-hybridized carbons (Fsp3) is 0.941. The van der Waals surface area contributed by atoms with Crippen molar-refractivity contribution in [3.63, 3.8) is 0 Å². The van der Waals surface area contributed by atoms with Crippen LogP contribution in [0.3, 0.4) is 0 Å². The van der Waals surface area contributed by atoms with E-state index in [0.29, 0.717) is 18.6 Å². The Morgan fingerprint density at radius 3 is 2.24 bits per heavy atom. The summed E-state index contributed by atoms with van der Waals surface area (Å²) in [4.78, 5) is 14.4. The van der Waals surface area contributed by atoms with Crippen molar-refractivity contribution in [1.82, 2.24) is 10.2 Å². The van der Waals surface area contributed by atoms with Crippen LogP contribution in [0.5, 0.6) is 0 Å². The molecule has 4 heteroatoms. The molecule has 0 aromatic carbocycles. The van der Waals surface area contributed by atoms with Crippen LogP contribution in [-0.4, -0.2) is 46.7 Å². The zero-order valence-corrected chi connectivity index (χ0v) is 14.3. The Hall–Kier alpha value is -0.610.